The molecule has 2 aromatic rings. The number of tetrazole rings is 1. The summed E-state index contributed by atoms with van der Waals surface area (Å²) < 4.78 is 0. The smallest absolute Gasteiger partial charge is 0.162 e. The summed E-state index contributed by atoms with van der Waals surface area (Å²) in [6, 6.07) is 5.42. The Morgan fingerprint density at radius 3 is 2.68 bits per heavy atom. The molecule has 1 aromatic heterocycles. The summed E-state index contributed by atoms with van der Waals surface area (Å²) in [5, 5.41) is 13.1. The van der Waals surface area contributed by atoms with Crippen molar-refractivity contribution >= 4 is 23.2 Å². The zero-order valence-corrected chi connectivity index (χ0v) is 12.3. The molecule has 0 saturated carbocycles. The molecular formula is C12H15Cl2N5. The maximum absolute atomic E-state index is 6.27. The predicted molar refractivity (Wildman–Crippen MR) is 75.6 cm³/mol. The molecule has 0 aliphatic rings. The van der Waals surface area contributed by atoms with Crippen LogP contribution in [0.2, 0.25) is 10.0 Å². The van der Waals surface area contributed by atoms with E-state index in [0.29, 0.717) is 10.0 Å². The number of hydrogen-bond acceptors (Lipinski definition) is 4. The topological polar surface area (TPSA) is 46.8 Å². The molecule has 1 heterocycles. The molecule has 1 atom stereocenters. The second-order valence-corrected chi connectivity index (χ2v) is 5.37. The van der Waals surface area contributed by atoms with Gasteiger partial charge in [-0.15, -0.1) is 10.2 Å². The first-order chi connectivity index (χ1) is 9.08. The quantitative estimate of drug-likeness (QED) is 0.851. The molecule has 0 amide bonds. The second-order valence-electron chi connectivity index (χ2n) is 4.53. The fourth-order valence-electron chi connectivity index (χ4n) is 1.87. The van der Waals surface area contributed by atoms with Crippen molar-refractivity contribution in [3.8, 4) is 0 Å². The van der Waals surface area contributed by atoms with E-state index in [2.05, 4.69) is 20.3 Å². The van der Waals surface area contributed by atoms with Gasteiger partial charge in [0.1, 0.15) is 6.04 Å². The lowest BCUT2D eigenvalue weighted by atomic mass is 10.0. The van der Waals surface area contributed by atoms with Gasteiger partial charge in [-0.2, -0.15) is 4.80 Å². The van der Waals surface area contributed by atoms with Crippen LogP contribution in [-0.2, 0) is 0 Å². The number of rotatable bonds is 5. The van der Waals surface area contributed by atoms with E-state index in [1.165, 1.54) is 6.33 Å². The SMILES string of the molecule is CN(C)CCC(c1ccc(Cl)cc1Cl)n1ncnn1. The molecule has 0 bridgehead atoms. The van der Waals surface area contributed by atoms with E-state index >= 15 is 0 Å². The van der Waals surface area contributed by atoms with Crippen molar-refractivity contribution < 1.29 is 0 Å². The van der Waals surface area contributed by atoms with Crippen LogP contribution in [0.4, 0.5) is 0 Å². The molecule has 1 aromatic carbocycles. The molecule has 1 unspecified atom stereocenters. The maximum atomic E-state index is 6.27. The largest absolute Gasteiger partial charge is 0.309 e. The molecule has 7 heteroatoms. The highest BCUT2D eigenvalue weighted by molar-refractivity contribution is 6.35. The van der Waals surface area contributed by atoms with Crippen LogP contribution < -0.4 is 0 Å². The Balaban J connectivity index is 2.31. The monoisotopic (exact) mass is 299 g/mol. The first-order valence-corrected chi connectivity index (χ1v) is 6.65. The molecule has 0 fully saturated rings. The Bertz CT molecular complexity index is 527. The second kappa shape index (κ2) is 6.32. The van der Waals surface area contributed by atoms with Crippen LogP contribution in [0, 0.1) is 0 Å². The number of aromatic nitrogens is 4. The van der Waals surface area contributed by atoms with E-state index in [1.807, 2.05) is 26.2 Å². The van der Waals surface area contributed by atoms with E-state index in [1.54, 1.807) is 10.9 Å². The van der Waals surface area contributed by atoms with E-state index in [0.717, 1.165) is 18.5 Å². The summed E-state index contributed by atoms with van der Waals surface area (Å²) in [5.41, 5.74) is 0.950. The van der Waals surface area contributed by atoms with Crippen LogP contribution in [0.3, 0.4) is 0 Å². The first kappa shape index (κ1) is 14.2. The van der Waals surface area contributed by atoms with Gasteiger partial charge in [0.2, 0.25) is 0 Å². The number of hydrogen-bond donors (Lipinski definition) is 0. The van der Waals surface area contributed by atoms with Crippen LogP contribution in [0.25, 0.3) is 0 Å². The van der Waals surface area contributed by atoms with Gasteiger partial charge in [0, 0.05) is 10.0 Å². The Hall–Kier alpha value is -1.17. The van der Waals surface area contributed by atoms with Gasteiger partial charge in [0.15, 0.2) is 6.33 Å². The van der Waals surface area contributed by atoms with Crippen LogP contribution in [0.15, 0.2) is 24.5 Å². The third kappa shape index (κ3) is 3.65. The normalized spacial score (nSPS) is 12.9. The summed E-state index contributed by atoms with van der Waals surface area (Å²) >= 11 is 12.2. The molecule has 0 N–H and O–H groups in total. The molecule has 0 saturated heterocycles. The Morgan fingerprint density at radius 1 is 1.32 bits per heavy atom. The average molecular weight is 300 g/mol. The summed E-state index contributed by atoms with van der Waals surface area (Å²) in [6.07, 6.45) is 2.26. The minimum absolute atomic E-state index is 0.0466. The van der Waals surface area contributed by atoms with Gasteiger partial charge in [-0.3, -0.25) is 0 Å². The van der Waals surface area contributed by atoms with E-state index < -0.39 is 0 Å². The molecule has 0 aliphatic carbocycles. The van der Waals surface area contributed by atoms with Crippen molar-refractivity contribution in [1.82, 2.24) is 25.1 Å². The molecule has 0 radical (unpaired) electrons. The van der Waals surface area contributed by atoms with Gasteiger partial charge in [0.25, 0.3) is 0 Å². The number of benzene rings is 1. The molecule has 2 rings (SSSR count). The highest BCUT2D eigenvalue weighted by atomic mass is 35.5. The summed E-state index contributed by atoms with van der Waals surface area (Å²) in [7, 11) is 4.05. The van der Waals surface area contributed by atoms with Crippen LogP contribution in [0.5, 0.6) is 0 Å². The molecule has 5 nitrogen and oxygen atoms in total. The van der Waals surface area contributed by atoms with Gasteiger partial charge in [0.05, 0.1) is 0 Å². The lowest BCUT2D eigenvalue weighted by Gasteiger charge is -2.19. The summed E-state index contributed by atoms with van der Waals surface area (Å²) in [4.78, 5) is 3.69. The van der Waals surface area contributed by atoms with Crippen LogP contribution >= 0.6 is 23.2 Å². The van der Waals surface area contributed by atoms with Crippen molar-refractivity contribution in [1.29, 1.82) is 0 Å². The van der Waals surface area contributed by atoms with Crippen LogP contribution in [0.1, 0.15) is 18.0 Å². The van der Waals surface area contributed by atoms with Crippen molar-refractivity contribution in [3.05, 3.63) is 40.1 Å². The van der Waals surface area contributed by atoms with Crippen molar-refractivity contribution in [2.75, 3.05) is 20.6 Å². The molecule has 102 valence electrons. The van der Waals surface area contributed by atoms with E-state index in [9.17, 15) is 0 Å². The van der Waals surface area contributed by atoms with Gasteiger partial charge >= 0.3 is 0 Å². The lowest BCUT2D eigenvalue weighted by Crippen LogP contribution is -2.21. The summed E-state index contributed by atoms with van der Waals surface area (Å²) in [5.74, 6) is 0. The lowest BCUT2D eigenvalue weighted by molar-refractivity contribution is 0.339. The zero-order chi connectivity index (χ0) is 13.8. The number of nitrogens with zero attached hydrogens (tertiary/aromatic N) is 5. The highest BCUT2D eigenvalue weighted by Gasteiger charge is 2.19. The molecule has 19 heavy (non-hydrogen) atoms. The molecule has 0 spiro atoms. The van der Waals surface area contributed by atoms with E-state index in [-0.39, 0.29) is 6.04 Å². The first-order valence-electron chi connectivity index (χ1n) is 5.90. The van der Waals surface area contributed by atoms with Crippen molar-refractivity contribution in [3.63, 3.8) is 0 Å². The molecular weight excluding hydrogens is 285 g/mol. The standard InChI is InChI=1S/C12H15Cl2N5/c1-18(2)6-5-12(19-16-8-15-17-19)10-4-3-9(13)7-11(10)14/h3-4,7-8,12H,5-6H2,1-2H3. The highest BCUT2D eigenvalue weighted by Crippen LogP contribution is 2.29. The Morgan fingerprint density at radius 2 is 2.11 bits per heavy atom. The van der Waals surface area contributed by atoms with Crippen molar-refractivity contribution in [2.45, 2.75) is 12.5 Å². The third-order valence-electron chi connectivity index (χ3n) is 2.81. The number of halogens is 2. The Kier molecular flexibility index (Phi) is 4.74. The fourth-order valence-corrected chi connectivity index (χ4v) is 2.40. The minimum atomic E-state index is -0.0466. The van der Waals surface area contributed by atoms with Crippen LogP contribution in [-0.4, -0.2) is 45.7 Å². The van der Waals surface area contributed by atoms with Gasteiger partial charge in [-0.25, -0.2) is 0 Å². The minimum Gasteiger partial charge on any atom is -0.309 e. The Labute approximate surface area is 122 Å². The maximum Gasteiger partial charge on any atom is 0.162 e. The van der Waals surface area contributed by atoms with Gasteiger partial charge in [-0.1, -0.05) is 29.3 Å². The average Bonchev–Trinajstić information content (AvgIpc) is 2.85. The zero-order valence-electron chi connectivity index (χ0n) is 10.8. The van der Waals surface area contributed by atoms with Gasteiger partial charge < -0.3 is 4.90 Å². The van der Waals surface area contributed by atoms with Gasteiger partial charge in [-0.05, 0) is 50.0 Å². The fraction of sp³-hybridized carbons (Fsp3) is 0.417. The predicted octanol–water partition coefficient (Wildman–Crippen LogP) is 2.52. The van der Waals surface area contributed by atoms with E-state index in [4.69, 9.17) is 23.2 Å². The molecule has 0 aliphatic heterocycles. The van der Waals surface area contributed by atoms with Crippen molar-refractivity contribution in [2.24, 2.45) is 0 Å². The third-order valence-corrected chi connectivity index (χ3v) is 3.38. The summed E-state index contributed by atoms with van der Waals surface area (Å²) in [6.45, 7) is 0.894.